The Morgan fingerprint density at radius 3 is 2.59 bits per heavy atom. The third-order valence-electron chi connectivity index (χ3n) is 4.17. The molecule has 1 fully saturated rings. The highest BCUT2D eigenvalue weighted by Crippen LogP contribution is 2.54. The van der Waals surface area contributed by atoms with E-state index >= 15 is 0 Å². The van der Waals surface area contributed by atoms with Crippen molar-refractivity contribution >= 4 is 0 Å². The maximum absolute atomic E-state index is 12.6. The van der Waals surface area contributed by atoms with Crippen LogP contribution in [0.4, 0.5) is 13.2 Å². The highest BCUT2D eigenvalue weighted by atomic mass is 19.4. The number of nitrogens with two attached hydrogens (primary N) is 1. The molecular weight excluding hydrogens is 227 g/mol. The van der Waals surface area contributed by atoms with Crippen LogP contribution in [-0.2, 0) is 18.0 Å². The summed E-state index contributed by atoms with van der Waals surface area (Å²) in [6.07, 6.45) is -0.612. The summed E-state index contributed by atoms with van der Waals surface area (Å²) in [7, 11) is 0. The van der Waals surface area contributed by atoms with Gasteiger partial charge in [-0.15, -0.1) is 0 Å². The number of alkyl halides is 3. The Morgan fingerprint density at radius 1 is 1.29 bits per heavy atom. The smallest absolute Gasteiger partial charge is 0.327 e. The lowest BCUT2D eigenvalue weighted by Gasteiger charge is -2.26. The van der Waals surface area contributed by atoms with Gasteiger partial charge in [-0.1, -0.05) is 6.07 Å². The molecule has 1 spiro atoms. The van der Waals surface area contributed by atoms with Crippen molar-refractivity contribution in [2.45, 2.75) is 43.3 Å². The van der Waals surface area contributed by atoms with E-state index in [0.717, 1.165) is 36.8 Å². The number of aryl methyl sites for hydroxylation is 1. The topological polar surface area (TPSA) is 26.0 Å². The standard InChI is InChI=1S/C13H14F3N/c14-13(15,16)9-3-4-10-8(6-9)2-1-5-12(10)7-11(12)17/h3-4,6,11H,1-2,5,7,17H2. The van der Waals surface area contributed by atoms with Gasteiger partial charge in [-0.3, -0.25) is 0 Å². The van der Waals surface area contributed by atoms with Gasteiger partial charge in [-0.2, -0.15) is 13.2 Å². The Hall–Kier alpha value is -1.03. The first kappa shape index (κ1) is 11.1. The molecule has 1 saturated carbocycles. The van der Waals surface area contributed by atoms with Crippen LogP contribution in [0.15, 0.2) is 18.2 Å². The fourth-order valence-corrected chi connectivity index (χ4v) is 3.12. The van der Waals surface area contributed by atoms with Crippen LogP contribution in [0.25, 0.3) is 0 Å². The maximum atomic E-state index is 12.6. The normalized spacial score (nSPS) is 31.4. The number of fused-ring (bicyclic) bond motifs is 2. The third kappa shape index (κ3) is 1.58. The minimum Gasteiger partial charge on any atom is -0.327 e. The molecule has 1 aromatic rings. The van der Waals surface area contributed by atoms with Crippen LogP contribution in [0.5, 0.6) is 0 Å². The van der Waals surface area contributed by atoms with Crippen molar-refractivity contribution in [3.63, 3.8) is 0 Å². The lowest BCUT2D eigenvalue weighted by molar-refractivity contribution is -0.137. The van der Waals surface area contributed by atoms with Gasteiger partial charge in [-0.05, 0) is 48.9 Å². The first-order valence-corrected chi connectivity index (χ1v) is 5.90. The average Bonchev–Trinajstić information content (AvgIpc) is 2.88. The van der Waals surface area contributed by atoms with E-state index < -0.39 is 11.7 Å². The maximum Gasteiger partial charge on any atom is 0.416 e. The van der Waals surface area contributed by atoms with E-state index in [1.807, 2.05) is 0 Å². The van der Waals surface area contributed by atoms with Crippen LogP contribution in [-0.4, -0.2) is 6.04 Å². The summed E-state index contributed by atoms with van der Waals surface area (Å²) in [5, 5.41) is 0. The summed E-state index contributed by atoms with van der Waals surface area (Å²) in [4.78, 5) is 0. The molecule has 2 aliphatic rings. The summed E-state index contributed by atoms with van der Waals surface area (Å²) >= 11 is 0. The second-order valence-corrected chi connectivity index (χ2v) is 5.19. The summed E-state index contributed by atoms with van der Waals surface area (Å²) in [5.41, 5.74) is 7.31. The molecule has 17 heavy (non-hydrogen) atoms. The lowest BCUT2D eigenvalue weighted by Crippen LogP contribution is -2.24. The van der Waals surface area contributed by atoms with Gasteiger partial charge in [0.05, 0.1) is 5.56 Å². The Morgan fingerprint density at radius 2 is 2.00 bits per heavy atom. The van der Waals surface area contributed by atoms with E-state index in [1.54, 1.807) is 6.07 Å². The molecule has 92 valence electrons. The monoisotopic (exact) mass is 241 g/mol. The molecule has 0 aromatic heterocycles. The molecule has 0 radical (unpaired) electrons. The number of benzene rings is 1. The molecule has 4 heteroatoms. The van der Waals surface area contributed by atoms with Gasteiger partial charge >= 0.3 is 6.18 Å². The number of hydrogen-bond donors (Lipinski definition) is 1. The van der Waals surface area contributed by atoms with E-state index in [2.05, 4.69) is 0 Å². The first-order valence-electron chi connectivity index (χ1n) is 5.90. The van der Waals surface area contributed by atoms with Crippen LogP contribution in [0, 0.1) is 0 Å². The molecule has 0 saturated heterocycles. The Bertz CT molecular complexity index is 466. The van der Waals surface area contributed by atoms with E-state index in [9.17, 15) is 13.2 Å². The Kier molecular flexibility index (Phi) is 2.12. The van der Waals surface area contributed by atoms with Crippen molar-refractivity contribution in [1.82, 2.24) is 0 Å². The Labute approximate surface area is 97.8 Å². The van der Waals surface area contributed by atoms with E-state index in [4.69, 9.17) is 5.73 Å². The second kappa shape index (κ2) is 3.25. The highest BCUT2D eigenvalue weighted by molar-refractivity contribution is 5.46. The fraction of sp³-hybridized carbons (Fsp3) is 0.538. The zero-order valence-corrected chi connectivity index (χ0v) is 9.35. The summed E-state index contributed by atoms with van der Waals surface area (Å²) in [6, 6.07) is 4.28. The zero-order valence-electron chi connectivity index (χ0n) is 9.35. The highest BCUT2D eigenvalue weighted by Gasteiger charge is 2.54. The van der Waals surface area contributed by atoms with Crippen LogP contribution >= 0.6 is 0 Å². The second-order valence-electron chi connectivity index (χ2n) is 5.19. The molecule has 2 atom stereocenters. The molecule has 2 unspecified atom stereocenters. The predicted octanol–water partition coefficient (Wildman–Crippen LogP) is 3.01. The zero-order chi connectivity index (χ0) is 12.3. The fourth-order valence-electron chi connectivity index (χ4n) is 3.12. The largest absolute Gasteiger partial charge is 0.416 e. The van der Waals surface area contributed by atoms with Crippen molar-refractivity contribution in [1.29, 1.82) is 0 Å². The van der Waals surface area contributed by atoms with Crippen molar-refractivity contribution in [3.05, 3.63) is 34.9 Å². The third-order valence-corrected chi connectivity index (χ3v) is 4.17. The lowest BCUT2D eigenvalue weighted by atomic mass is 9.79. The van der Waals surface area contributed by atoms with Gasteiger partial charge in [0.1, 0.15) is 0 Å². The molecule has 3 rings (SSSR count). The van der Waals surface area contributed by atoms with Crippen LogP contribution in [0.3, 0.4) is 0 Å². The molecule has 2 aliphatic carbocycles. The van der Waals surface area contributed by atoms with Crippen molar-refractivity contribution < 1.29 is 13.2 Å². The van der Waals surface area contributed by atoms with Crippen molar-refractivity contribution in [2.75, 3.05) is 0 Å². The molecule has 0 amide bonds. The van der Waals surface area contributed by atoms with Crippen molar-refractivity contribution in [3.8, 4) is 0 Å². The SMILES string of the molecule is NC1CC12CCCc1cc(C(F)(F)F)ccc12. The van der Waals surface area contributed by atoms with E-state index in [0.29, 0.717) is 0 Å². The van der Waals surface area contributed by atoms with Gasteiger partial charge in [0.25, 0.3) is 0 Å². The number of hydrogen-bond acceptors (Lipinski definition) is 1. The molecule has 2 N–H and O–H groups in total. The predicted molar refractivity (Wildman–Crippen MR) is 58.7 cm³/mol. The van der Waals surface area contributed by atoms with Gasteiger partial charge in [0, 0.05) is 11.5 Å². The number of rotatable bonds is 0. The summed E-state index contributed by atoms with van der Waals surface area (Å²) in [5.74, 6) is 0. The molecule has 0 heterocycles. The van der Waals surface area contributed by atoms with Gasteiger partial charge in [-0.25, -0.2) is 0 Å². The quantitative estimate of drug-likeness (QED) is 0.742. The van der Waals surface area contributed by atoms with Crippen LogP contribution in [0.1, 0.15) is 36.0 Å². The van der Waals surface area contributed by atoms with Gasteiger partial charge in [0.2, 0.25) is 0 Å². The Balaban J connectivity index is 2.05. The minimum absolute atomic E-state index is 0.00227. The van der Waals surface area contributed by atoms with Crippen LogP contribution < -0.4 is 5.73 Å². The number of halogens is 3. The van der Waals surface area contributed by atoms with E-state index in [-0.39, 0.29) is 11.5 Å². The molecule has 0 bridgehead atoms. The minimum atomic E-state index is -4.24. The summed E-state index contributed by atoms with van der Waals surface area (Å²) < 4.78 is 37.9. The van der Waals surface area contributed by atoms with Gasteiger partial charge in [0.15, 0.2) is 0 Å². The molecular formula is C13H14F3N. The van der Waals surface area contributed by atoms with Gasteiger partial charge < -0.3 is 5.73 Å². The first-order chi connectivity index (χ1) is 7.93. The van der Waals surface area contributed by atoms with Crippen LogP contribution in [0.2, 0.25) is 0 Å². The van der Waals surface area contributed by atoms with Crippen molar-refractivity contribution in [2.24, 2.45) is 5.73 Å². The molecule has 1 nitrogen and oxygen atoms in total. The molecule has 0 aliphatic heterocycles. The molecule has 1 aromatic carbocycles. The summed E-state index contributed by atoms with van der Waals surface area (Å²) in [6.45, 7) is 0. The average molecular weight is 241 g/mol. The van der Waals surface area contributed by atoms with E-state index in [1.165, 1.54) is 12.1 Å².